The molecule has 2 aromatic rings. The maximum Gasteiger partial charge on any atom is 0.178 e. The highest BCUT2D eigenvalue weighted by molar-refractivity contribution is 5.68. The molecule has 0 aliphatic heterocycles. The van der Waals surface area contributed by atoms with Gasteiger partial charge in [-0.1, -0.05) is 20.8 Å². The Hall–Kier alpha value is -1.55. The molecule has 1 atom stereocenters. The van der Waals surface area contributed by atoms with Gasteiger partial charge in [-0.25, -0.2) is 9.97 Å². The molecular weight excluding hydrogens is 248 g/mol. The third-order valence-corrected chi connectivity index (χ3v) is 3.28. The average Bonchev–Trinajstić information content (AvgIpc) is 2.44. The van der Waals surface area contributed by atoms with E-state index in [-0.39, 0.29) is 0 Å². The van der Waals surface area contributed by atoms with Crippen LogP contribution < -0.4 is 5.32 Å². The van der Waals surface area contributed by atoms with Gasteiger partial charge in [-0.3, -0.25) is 4.98 Å². The van der Waals surface area contributed by atoms with Crippen LogP contribution in [0.15, 0.2) is 24.5 Å². The van der Waals surface area contributed by atoms with Crippen LogP contribution in [0.3, 0.4) is 0 Å². The standard InChI is InChI=1S/C16H24N4/c1-4-7-17-14(10-12(2)3)11-13-5-6-15-16(20-13)19-9-8-18-15/h5-6,8-9,12,14,17H,4,7,10-11H2,1-3H3. The summed E-state index contributed by atoms with van der Waals surface area (Å²) < 4.78 is 0. The lowest BCUT2D eigenvalue weighted by Gasteiger charge is -2.20. The molecule has 1 unspecified atom stereocenters. The predicted molar refractivity (Wildman–Crippen MR) is 82.6 cm³/mol. The fourth-order valence-electron chi connectivity index (χ4n) is 2.42. The van der Waals surface area contributed by atoms with E-state index in [0.29, 0.717) is 12.0 Å². The van der Waals surface area contributed by atoms with E-state index in [1.54, 1.807) is 12.4 Å². The van der Waals surface area contributed by atoms with Crippen LogP contribution in [0.1, 0.15) is 39.3 Å². The minimum atomic E-state index is 0.483. The smallest absolute Gasteiger partial charge is 0.178 e. The Morgan fingerprint density at radius 3 is 2.70 bits per heavy atom. The van der Waals surface area contributed by atoms with E-state index >= 15 is 0 Å². The van der Waals surface area contributed by atoms with Crippen molar-refractivity contribution in [1.29, 1.82) is 0 Å². The zero-order valence-electron chi connectivity index (χ0n) is 12.6. The number of hydrogen-bond donors (Lipinski definition) is 1. The van der Waals surface area contributed by atoms with Crippen molar-refractivity contribution in [3.8, 4) is 0 Å². The van der Waals surface area contributed by atoms with Gasteiger partial charge in [0.15, 0.2) is 5.65 Å². The summed E-state index contributed by atoms with van der Waals surface area (Å²) in [6.07, 6.45) is 6.67. The monoisotopic (exact) mass is 272 g/mol. The van der Waals surface area contributed by atoms with Crippen LogP contribution in [0.2, 0.25) is 0 Å². The van der Waals surface area contributed by atoms with Gasteiger partial charge in [0.1, 0.15) is 5.52 Å². The lowest BCUT2D eigenvalue weighted by atomic mass is 9.99. The Kier molecular flexibility index (Phi) is 5.41. The van der Waals surface area contributed by atoms with Crippen molar-refractivity contribution >= 4 is 11.2 Å². The highest BCUT2D eigenvalue weighted by Gasteiger charge is 2.12. The van der Waals surface area contributed by atoms with Gasteiger partial charge in [0.25, 0.3) is 0 Å². The van der Waals surface area contributed by atoms with Crippen molar-refractivity contribution in [2.24, 2.45) is 5.92 Å². The van der Waals surface area contributed by atoms with E-state index in [2.05, 4.69) is 47.1 Å². The van der Waals surface area contributed by atoms with Crippen LogP contribution in [0, 0.1) is 5.92 Å². The van der Waals surface area contributed by atoms with Gasteiger partial charge in [-0.2, -0.15) is 0 Å². The fraction of sp³-hybridized carbons (Fsp3) is 0.562. The van der Waals surface area contributed by atoms with Crippen molar-refractivity contribution in [1.82, 2.24) is 20.3 Å². The van der Waals surface area contributed by atoms with Crippen LogP contribution >= 0.6 is 0 Å². The first-order chi connectivity index (χ1) is 9.69. The normalized spacial score (nSPS) is 13.0. The van der Waals surface area contributed by atoms with Gasteiger partial charge in [-0.05, 0) is 37.4 Å². The highest BCUT2D eigenvalue weighted by atomic mass is 14.9. The van der Waals surface area contributed by atoms with Gasteiger partial charge < -0.3 is 5.32 Å². The van der Waals surface area contributed by atoms with Crippen molar-refractivity contribution in [2.45, 2.75) is 46.1 Å². The molecule has 0 radical (unpaired) electrons. The lowest BCUT2D eigenvalue weighted by molar-refractivity contribution is 0.414. The zero-order chi connectivity index (χ0) is 14.4. The van der Waals surface area contributed by atoms with E-state index in [0.717, 1.165) is 36.2 Å². The largest absolute Gasteiger partial charge is 0.314 e. The summed E-state index contributed by atoms with van der Waals surface area (Å²) in [4.78, 5) is 13.2. The van der Waals surface area contributed by atoms with Crippen LogP contribution in [-0.4, -0.2) is 27.5 Å². The van der Waals surface area contributed by atoms with Crippen molar-refractivity contribution in [3.63, 3.8) is 0 Å². The maximum atomic E-state index is 4.62. The molecule has 0 spiro atoms. The van der Waals surface area contributed by atoms with Gasteiger partial charge in [-0.15, -0.1) is 0 Å². The van der Waals surface area contributed by atoms with Crippen LogP contribution in [0.5, 0.6) is 0 Å². The first-order valence-electron chi connectivity index (χ1n) is 7.49. The Morgan fingerprint density at radius 2 is 1.95 bits per heavy atom. The molecule has 0 saturated carbocycles. The second-order valence-corrected chi connectivity index (χ2v) is 5.69. The molecule has 0 aliphatic rings. The summed E-state index contributed by atoms with van der Waals surface area (Å²) in [5, 5.41) is 3.62. The van der Waals surface area contributed by atoms with Gasteiger partial charge >= 0.3 is 0 Å². The summed E-state index contributed by atoms with van der Waals surface area (Å²) in [6, 6.07) is 4.56. The molecule has 108 valence electrons. The minimum absolute atomic E-state index is 0.483. The molecule has 0 amide bonds. The molecule has 0 fully saturated rings. The maximum absolute atomic E-state index is 4.62. The molecule has 0 aromatic carbocycles. The molecule has 0 saturated heterocycles. The van der Waals surface area contributed by atoms with Gasteiger partial charge in [0.2, 0.25) is 0 Å². The third kappa shape index (κ3) is 4.23. The number of aromatic nitrogens is 3. The lowest BCUT2D eigenvalue weighted by Crippen LogP contribution is -2.33. The molecule has 0 aliphatic carbocycles. The number of pyridine rings is 1. The second kappa shape index (κ2) is 7.29. The van der Waals surface area contributed by atoms with E-state index in [1.165, 1.54) is 6.42 Å². The van der Waals surface area contributed by atoms with E-state index < -0.39 is 0 Å². The van der Waals surface area contributed by atoms with Crippen molar-refractivity contribution in [3.05, 3.63) is 30.2 Å². The van der Waals surface area contributed by atoms with Gasteiger partial charge in [0.05, 0.1) is 0 Å². The van der Waals surface area contributed by atoms with Gasteiger partial charge in [0, 0.05) is 30.6 Å². The molecule has 4 nitrogen and oxygen atoms in total. The minimum Gasteiger partial charge on any atom is -0.314 e. The first-order valence-corrected chi connectivity index (χ1v) is 7.49. The third-order valence-electron chi connectivity index (χ3n) is 3.28. The summed E-state index contributed by atoms with van der Waals surface area (Å²) in [5.74, 6) is 0.685. The average molecular weight is 272 g/mol. The van der Waals surface area contributed by atoms with E-state index in [1.807, 2.05) is 6.07 Å². The topological polar surface area (TPSA) is 50.7 Å². The summed E-state index contributed by atoms with van der Waals surface area (Å²) in [5.41, 5.74) is 2.69. The Morgan fingerprint density at radius 1 is 1.15 bits per heavy atom. The van der Waals surface area contributed by atoms with Crippen molar-refractivity contribution < 1.29 is 0 Å². The number of fused-ring (bicyclic) bond motifs is 1. The van der Waals surface area contributed by atoms with E-state index in [9.17, 15) is 0 Å². The van der Waals surface area contributed by atoms with Crippen LogP contribution in [-0.2, 0) is 6.42 Å². The molecule has 2 rings (SSSR count). The molecule has 2 aromatic heterocycles. The van der Waals surface area contributed by atoms with Crippen molar-refractivity contribution in [2.75, 3.05) is 6.54 Å². The molecule has 4 heteroatoms. The molecule has 20 heavy (non-hydrogen) atoms. The predicted octanol–water partition coefficient (Wildman–Crippen LogP) is 2.98. The fourth-order valence-corrected chi connectivity index (χ4v) is 2.42. The SMILES string of the molecule is CCCNC(Cc1ccc2nccnc2n1)CC(C)C. The molecular formula is C16H24N4. The quantitative estimate of drug-likeness (QED) is 0.842. The number of hydrogen-bond acceptors (Lipinski definition) is 4. The number of nitrogens with one attached hydrogen (secondary N) is 1. The zero-order valence-corrected chi connectivity index (χ0v) is 12.6. The summed E-state index contributed by atoms with van der Waals surface area (Å²) >= 11 is 0. The highest BCUT2D eigenvalue weighted by Crippen LogP contribution is 2.12. The Labute approximate surface area is 121 Å². The van der Waals surface area contributed by atoms with Crippen LogP contribution in [0.4, 0.5) is 0 Å². The summed E-state index contributed by atoms with van der Waals surface area (Å²) in [7, 11) is 0. The van der Waals surface area contributed by atoms with Crippen LogP contribution in [0.25, 0.3) is 11.2 Å². The first kappa shape index (κ1) is 14.9. The molecule has 1 N–H and O–H groups in total. The Bertz CT molecular complexity index is 539. The molecule has 0 bridgehead atoms. The summed E-state index contributed by atoms with van der Waals surface area (Å²) in [6.45, 7) is 7.79. The molecule has 2 heterocycles. The Balaban J connectivity index is 2.10. The number of nitrogens with zero attached hydrogens (tertiary/aromatic N) is 3. The van der Waals surface area contributed by atoms with E-state index in [4.69, 9.17) is 0 Å². The second-order valence-electron chi connectivity index (χ2n) is 5.69. The number of rotatable bonds is 7.